The molecule has 0 saturated heterocycles. The summed E-state index contributed by atoms with van der Waals surface area (Å²) in [4.78, 5) is 6.71. The zero-order chi connectivity index (χ0) is 16.7. The lowest BCUT2D eigenvalue weighted by Crippen LogP contribution is -2.37. The van der Waals surface area contributed by atoms with E-state index in [-0.39, 0.29) is 0 Å². The molecule has 4 nitrogen and oxygen atoms in total. The Kier molecular flexibility index (Phi) is 6.56. The minimum absolute atomic E-state index is 0.311. The molecule has 3 rings (SSSR count). The van der Waals surface area contributed by atoms with Crippen LogP contribution in [-0.2, 0) is 13.0 Å². The van der Waals surface area contributed by atoms with Crippen LogP contribution in [0.2, 0.25) is 0 Å². The van der Waals surface area contributed by atoms with Crippen molar-refractivity contribution in [2.75, 3.05) is 6.54 Å². The lowest BCUT2D eigenvalue weighted by Gasteiger charge is -2.32. The molecule has 2 heterocycles. The number of rotatable bonds is 2. The van der Waals surface area contributed by atoms with Gasteiger partial charge in [0.2, 0.25) is 0 Å². The molecule has 2 aliphatic rings. The largest absolute Gasteiger partial charge is 0.324 e. The fourth-order valence-electron chi connectivity index (χ4n) is 2.85. The normalized spacial score (nSPS) is 20.4. The van der Waals surface area contributed by atoms with E-state index in [2.05, 4.69) is 60.4 Å². The highest BCUT2D eigenvalue weighted by molar-refractivity contribution is 5.36. The summed E-state index contributed by atoms with van der Waals surface area (Å²) in [7, 11) is 0. The van der Waals surface area contributed by atoms with Crippen LogP contribution in [0.15, 0.2) is 54.0 Å². The SMILES string of the molecule is CC1=CC(N2CCc3ccncc3C2)C=CC=C1NN.CCC. The second kappa shape index (κ2) is 8.65. The van der Waals surface area contributed by atoms with Gasteiger partial charge >= 0.3 is 0 Å². The molecule has 0 amide bonds. The predicted molar refractivity (Wildman–Crippen MR) is 96.4 cm³/mol. The van der Waals surface area contributed by atoms with Gasteiger partial charge in [-0.05, 0) is 42.2 Å². The average Bonchev–Trinajstić information content (AvgIpc) is 2.76. The van der Waals surface area contributed by atoms with E-state index in [0.29, 0.717) is 6.04 Å². The Bertz CT molecular complexity index is 601. The number of hydrogen-bond donors (Lipinski definition) is 2. The Labute approximate surface area is 139 Å². The average molecular weight is 312 g/mol. The standard InChI is InChI=1S/C16H20N4.C3H8/c1-12-9-15(3-2-4-16(12)19-17)20-8-6-13-5-7-18-10-14(13)11-20;1-3-2/h2-5,7,9-10,15,19H,6,8,11,17H2,1H3;3H2,1-2H3. The van der Waals surface area contributed by atoms with Crippen molar-refractivity contribution in [3.8, 4) is 0 Å². The summed E-state index contributed by atoms with van der Waals surface area (Å²) in [6, 6.07) is 2.44. The maximum atomic E-state index is 5.54. The van der Waals surface area contributed by atoms with Crippen LogP contribution >= 0.6 is 0 Å². The molecular weight excluding hydrogens is 284 g/mol. The molecule has 1 aromatic rings. The molecule has 0 saturated carbocycles. The zero-order valence-electron chi connectivity index (χ0n) is 14.4. The summed E-state index contributed by atoms with van der Waals surface area (Å²) < 4.78 is 0. The molecule has 3 N–H and O–H groups in total. The van der Waals surface area contributed by atoms with E-state index in [1.165, 1.54) is 23.1 Å². The van der Waals surface area contributed by atoms with Crippen molar-refractivity contribution < 1.29 is 0 Å². The van der Waals surface area contributed by atoms with E-state index in [0.717, 1.165) is 25.2 Å². The van der Waals surface area contributed by atoms with E-state index in [1.807, 2.05) is 18.5 Å². The third-order valence-electron chi connectivity index (χ3n) is 4.04. The van der Waals surface area contributed by atoms with E-state index >= 15 is 0 Å². The molecule has 1 aliphatic heterocycles. The number of pyridine rings is 1. The monoisotopic (exact) mass is 312 g/mol. The van der Waals surface area contributed by atoms with Crippen LogP contribution in [0.5, 0.6) is 0 Å². The number of allylic oxidation sites excluding steroid dienone is 3. The number of hydrazine groups is 1. The zero-order valence-corrected chi connectivity index (χ0v) is 14.4. The summed E-state index contributed by atoms with van der Waals surface area (Å²) in [5.74, 6) is 5.54. The van der Waals surface area contributed by atoms with Crippen molar-refractivity contribution in [2.45, 2.75) is 46.2 Å². The quantitative estimate of drug-likeness (QED) is 0.651. The third-order valence-corrected chi connectivity index (χ3v) is 4.04. The van der Waals surface area contributed by atoms with Gasteiger partial charge < -0.3 is 5.43 Å². The molecule has 1 atom stereocenters. The van der Waals surface area contributed by atoms with Gasteiger partial charge in [-0.1, -0.05) is 38.5 Å². The summed E-state index contributed by atoms with van der Waals surface area (Å²) in [6.07, 6.45) is 14.8. The van der Waals surface area contributed by atoms with Crippen molar-refractivity contribution >= 4 is 0 Å². The first kappa shape index (κ1) is 17.4. The highest BCUT2D eigenvalue weighted by Gasteiger charge is 2.21. The summed E-state index contributed by atoms with van der Waals surface area (Å²) in [5, 5.41) is 0. The number of nitrogens with zero attached hydrogens (tertiary/aromatic N) is 2. The van der Waals surface area contributed by atoms with Crippen molar-refractivity contribution in [3.05, 3.63) is 65.2 Å². The predicted octanol–water partition coefficient (Wildman–Crippen LogP) is 3.09. The summed E-state index contributed by atoms with van der Waals surface area (Å²) in [6.45, 7) is 8.36. The van der Waals surface area contributed by atoms with E-state index in [9.17, 15) is 0 Å². The van der Waals surface area contributed by atoms with Gasteiger partial charge in [0.05, 0.1) is 5.70 Å². The van der Waals surface area contributed by atoms with Gasteiger partial charge in [-0.25, -0.2) is 0 Å². The molecule has 1 aromatic heterocycles. The van der Waals surface area contributed by atoms with Crippen LogP contribution in [-0.4, -0.2) is 22.5 Å². The van der Waals surface area contributed by atoms with Gasteiger partial charge in [-0.3, -0.25) is 15.7 Å². The van der Waals surface area contributed by atoms with Gasteiger partial charge in [-0.2, -0.15) is 0 Å². The van der Waals surface area contributed by atoms with Crippen LogP contribution in [0.4, 0.5) is 0 Å². The summed E-state index contributed by atoms with van der Waals surface area (Å²) >= 11 is 0. The Hall–Kier alpha value is -1.91. The number of aromatic nitrogens is 1. The summed E-state index contributed by atoms with van der Waals surface area (Å²) in [5.41, 5.74) is 7.67. The highest BCUT2D eigenvalue weighted by Crippen LogP contribution is 2.22. The topological polar surface area (TPSA) is 54.2 Å². The van der Waals surface area contributed by atoms with Gasteiger partial charge in [0.15, 0.2) is 0 Å². The molecule has 1 aliphatic carbocycles. The first-order valence-electron chi connectivity index (χ1n) is 8.39. The van der Waals surface area contributed by atoms with Crippen molar-refractivity contribution in [1.29, 1.82) is 0 Å². The van der Waals surface area contributed by atoms with Gasteiger partial charge in [0, 0.05) is 31.5 Å². The Morgan fingerprint density at radius 3 is 2.87 bits per heavy atom. The molecule has 124 valence electrons. The molecular formula is C19H28N4. The molecule has 0 spiro atoms. The molecule has 0 aromatic carbocycles. The molecule has 4 heteroatoms. The van der Waals surface area contributed by atoms with E-state index in [1.54, 1.807) is 0 Å². The molecule has 23 heavy (non-hydrogen) atoms. The minimum atomic E-state index is 0.311. The minimum Gasteiger partial charge on any atom is -0.324 e. The number of nitrogens with two attached hydrogens (primary N) is 1. The number of hydrogen-bond acceptors (Lipinski definition) is 4. The van der Waals surface area contributed by atoms with Crippen LogP contribution in [0, 0.1) is 0 Å². The first-order valence-corrected chi connectivity index (χ1v) is 8.39. The van der Waals surface area contributed by atoms with Gasteiger partial charge in [0.1, 0.15) is 0 Å². The second-order valence-electron chi connectivity index (χ2n) is 6.02. The van der Waals surface area contributed by atoms with Gasteiger partial charge in [0.25, 0.3) is 0 Å². The maximum Gasteiger partial charge on any atom is 0.0511 e. The van der Waals surface area contributed by atoms with Gasteiger partial charge in [-0.15, -0.1) is 0 Å². The molecule has 0 radical (unpaired) electrons. The maximum absolute atomic E-state index is 5.54. The fraction of sp³-hybridized carbons (Fsp3) is 0.421. The highest BCUT2D eigenvalue weighted by atomic mass is 15.2. The van der Waals surface area contributed by atoms with Crippen LogP contribution in [0.1, 0.15) is 38.3 Å². The molecule has 1 unspecified atom stereocenters. The van der Waals surface area contributed by atoms with Crippen LogP contribution in [0.25, 0.3) is 0 Å². The second-order valence-corrected chi connectivity index (χ2v) is 6.02. The number of fused-ring (bicyclic) bond motifs is 1. The van der Waals surface area contributed by atoms with Crippen molar-refractivity contribution in [2.24, 2.45) is 5.84 Å². The Morgan fingerprint density at radius 1 is 1.35 bits per heavy atom. The first-order chi connectivity index (χ1) is 11.2. The van der Waals surface area contributed by atoms with Crippen LogP contribution < -0.4 is 11.3 Å². The van der Waals surface area contributed by atoms with Crippen molar-refractivity contribution in [1.82, 2.24) is 15.3 Å². The van der Waals surface area contributed by atoms with E-state index < -0.39 is 0 Å². The third kappa shape index (κ3) is 4.53. The Morgan fingerprint density at radius 2 is 2.13 bits per heavy atom. The lowest BCUT2D eigenvalue weighted by atomic mass is 10.00. The smallest absolute Gasteiger partial charge is 0.0511 e. The molecule has 0 bridgehead atoms. The Balaban J connectivity index is 0.000000595. The molecule has 0 fully saturated rings. The van der Waals surface area contributed by atoms with Crippen LogP contribution in [0.3, 0.4) is 0 Å². The number of nitrogens with one attached hydrogen (secondary N) is 1. The lowest BCUT2D eigenvalue weighted by molar-refractivity contribution is 0.238. The fourth-order valence-corrected chi connectivity index (χ4v) is 2.85. The van der Waals surface area contributed by atoms with Crippen molar-refractivity contribution in [3.63, 3.8) is 0 Å². The van der Waals surface area contributed by atoms with E-state index in [4.69, 9.17) is 5.84 Å².